The largest absolute Gasteiger partial charge is 0.377 e. The molecular formula is C26H25N3O3. The smallest absolute Gasteiger partial charge is 0.251 e. The number of aryl methyl sites for hydroxylation is 1. The number of carbonyl (C=O) groups excluding carboxylic acids is 1. The van der Waals surface area contributed by atoms with E-state index in [0.29, 0.717) is 31.1 Å². The van der Waals surface area contributed by atoms with Crippen molar-refractivity contribution in [2.24, 2.45) is 0 Å². The molecule has 1 aliphatic heterocycles. The molecule has 0 radical (unpaired) electrons. The minimum absolute atomic E-state index is 0.0612. The molecular weight excluding hydrogens is 402 g/mol. The lowest BCUT2D eigenvalue weighted by Crippen LogP contribution is -2.48. The zero-order chi connectivity index (χ0) is 22.1. The second-order valence-corrected chi connectivity index (χ2v) is 8.03. The SMILES string of the molecule is CCn1c(C(O)(c2ccccc2)c2ccccc2)nc2ccc(C(=O)NC3COC3)cc21. The van der Waals surface area contributed by atoms with Gasteiger partial charge in [0.15, 0.2) is 11.4 Å². The molecule has 0 aliphatic carbocycles. The summed E-state index contributed by atoms with van der Waals surface area (Å²) < 4.78 is 7.13. The summed E-state index contributed by atoms with van der Waals surface area (Å²) in [6, 6.07) is 24.7. The Labute approximate surface area is 186 Å². The molecule has 6 heteroatoms. The first-order valence-corrected chi connectivity index (χ1v) is 10.8. The summed E-state index contributed by atoms with van der Waals surface area (Å²) in [6.07, 6.45) is 0. The molecule has 4 aromatic rings. The van der Waals surface area contributed by atoms with E-state index in [9.17, 15) is 9.90 Å². The third kappa shape index (κ3) is 3.38. The maximum absolute atomic E-state index is 12.7. The highest BCUT2D eigenvalue weighted by atomic mass is 16.5. The molecule has 0 saturated carbocycles. The third-order valence-electron chi connectivity index (χ3n) is 6.01. The van der Waals surface area contributed by atoms with Gasteiger partial charge in [0.2, 0.25) is 0 Å². The molecule has 6 nitrogen and oxygen atoms in total. The summed E-state index contributed by atoms with van der Waals surface area (Å²) in [5, 5.41) is 15.2. The summed E-state index contributed by atoms with van der Waals surface area (Å²) in [4.78, 5) is 17.6. The van der Waals surface area contributed by atoms with E-state index in [4.69, 9.17) is 9.72 Å². The van der Waals surface area contributed by atoms with E-state index in [2.05, 4.69) is 5.32 Å². The van der Waals surface area contributed by atoms with Crippen LogP contribution in [0.15, 0.2) is 78.9 Å². The molecule has 32 heavy (non-hydrogen) atoms. The van der Waals surface area contributed by atoms with Crippen molar-refractivity contribution in [3.8, 4) is 0 Å². The first kappa shape index (κ1) is 20.4. The van der Waals surface area contributed by atoms with Crippen molar-refractivity contribution >= 4 is 16.9 Å². The lowest BCUT2D eigenvalue weighted by atomic mass is 9.85. The number of imidazole rings is 1. The van der Waals surface area contributed by atoms with Crippen LogP contribution in [0.4, 0.5) is 0 Å². The van der Waals surface area contributed by atoms with E-state index in [1.54, 1.807) is 6.07 Å². The molecule has 2 N–H and O–H groups in total. The molecule has 1 aliphatic rings. The van der Waals surface area contributed by atoms with Crippen LogP contribution in [0.3, 0.4) is 0 Å². The topological polar surface area (TPSA) is 76.4 Å². The number of carbonyl (C=O) groups is 1. The highest BCUT2D eigenvalue weighted by Gasteiger charge is 2.38. The van der Waals surface area contributed by atoms with Crippen LogP contribution in [0.2, 0.25) is 0 Å². The van der Waals surface area contributed by atoms with Gasteiger partial charge < -0.3 is 19.7 Å². The van der Waals surface area contributed by atoms with Crippen LogP contribution >= 0.6 is 0 Å². The lowest BCUT2D eigenvalue weighted by molar-refractivity contribution is -0.00346. The molecule has 162 valence electrons. The Morgan fingerprint density at radius 1 is 1.06 bits per heavy atom. The first-order valence-electron chi connectivity index (χ1n) is 10.8. The number of fused-ring (bicyclic) bond motifs is 1. The number of nitrogens with zero attached hydrogens (tertiary/aromatic N) is 2. The average Bonchev–Trinajstić information content (AvgIpc) is 3.20. The normalized spacial score (nSPS) is 14.3. The summed E-state index contributed by atoms with van der Waals surface area (Å²) >= 11 is 0. The predicted octanol–water partition coefficient (Wildman–Crippen LogP) is 3.47. The Morgan fingerprint density at radius 3 is 2.22 bits per heavy atom. The van der Waals surface area contributed by atoms with E-state index < -0.39 is 5.60 Å². The number of hydrogen-bond acceptors (Lipinski definition) is 4. The fraction of sp³-hybridized carbons (Fsp3) is 0.231. The van der Waals surface area contributed by atoms with Gasteiger partial charge in [0.25, 0.3) is 5.91 Å². The van der Waals surface area contributed by atoms with Crippen LogP contribution in [-0.2, 0) is 16.9 Å². The zero-order valence-corrected chi connectivity index (χ0v) is 17.9. The summed E-state index contributed by atoms with van der Waals surface area (Å²) in [5.74, 6) is 0.393. The molecule has 2 heterocycles. The molecule has 3 aromatic carbocycles. The lowest BCUT2D eigenvalue weighted by Gasteiger charge is -2.29. The number of rotatable bonds is 6. The number of aromatic nitrogens is 2. The summed E-state index contributed by atoms with van der Waals surface area (Å²) in [5.41, 5.74) is 2.14. The quantitative estimate of drug-likeness (QED) is 0.494. The van der Waals surface area contributed by atoms with Crippen LogP contribution in [-0.4, -0.2) is 39.8 Å². The van der Waals surface area contributed by atoms with Crippen molar-refractivity contribution in [2.45, 2.75) is 25.1 Å². The van der Waals surface area contributed by atoms with Crippen molar-refractivity contribution in [1.29, 1.82) is 0 Å². The molecule has 0 atom stereocenters. The van der Waals surface area contributed by atoms with Gasteiger partial charge in [-0.3, -0.25) is 4.79 Å². The second kappa shape index (κ2) is 8.22. The van der Waals surface area contributed by atoms with Gasteiger partial charge in [0.1, 0.15) is 0 Å². The van der Waals surface area contributed by atoms with Crippen LogP contribution in [0.1, 0.15) is 34.2 Å². The number of nitrogens with one attached hydrogen (secondary N) is 1. The van der Waals surface area contributed by atoms with Crippen molar-refractivity contribution in [3.63, 3.8) is 0 Å². The maximum atomic E-state index is 12.7. The summed E-state index contributed by atoms with van der Waals surface area (Å²) in [6.45, 7) is 3.70. The predicted molar refractivity (Wildman–Crippen MR) is 122 cm³/mol. The van der Waals surface area contributed by atoms with Crippen molar-refractivity contribution in [1.82, 2.24) is 14.9 Å². The Morgan fingerprint density at radius 2 is 1.69 bits per heavy atom. The van der Waals surface area contributed by atoms with E-state index in [0.717, 1.165) is 22.2 Å². The van der Waals surface area contributed by atoms with Crippen LogP contribution in [0.5, 0.6) is 0 Å². The highest BCUT2D eigenvalue weighted by molar-refractivity contribution is 5.97. The standard InChI is InChI=1S/C26H25N3O3/c1-2-29-23-15-18(24(30)27-21-16-32-17-21)13-14-22(23)28-25(29)26(31,19-9-5-3-6-10-19)20-11-7-4-8-12-20/h3-15,21,31H,2,16-17H2,1H3,(H,27,30). The fourth-order valence-electron chi connectivity index (χ4n) is 4.23. The van der Waals surface area contributed by atoms with Crippen LogP contribution in [0.25, 0.3) is 11.0 Å². The van der Waals surface area contributed by atoms with Gasteiger partial charge in [-0.2, -0.15) is 0 Å². The van der Waals surface area contributed by atoms with Crippen molar-refractivity contribution < 1.29 is 14.6 Å². The van der Waals surface area contributed by atoms with Gasteiger partial charge in [-0.25, -0.2) is 4.98 Å². The molecule has 1 aromatic heterocycles. The van der Waals surface area contributed by atoms with Gasteiger partial charge in [0.05, 0.1) is 30.3 Å². The Balaban J connectivity index is 1.66. The maximum Gasteiger partial charge on any atom is 0.251 e. The van der Waals surface area contributed by atoms with Crippen molar-refractivity contribution in [3.05, 3.63) is 101 Å². The third-order valence-corrected chi connectivity index (χ3v) is 6.01. The zero-order valence-electron chi connectivity index (χ0n) is 17.9. The van der Waals surface area contributed by atoms with E-state index in [-0.39, 0.29) is 11.9 Å². The van der Waals surface area contributed by atoms with Crippen LogP contribution < -0.4 is 5.32 Å². The second-order valence-electron chi connectivity index (χ2n) is 8.03. The Kier molecular flexibility index (Phi) is 5.25. The molecule has 0 unspecified atom stereocenters. The fourth-order valence-corrected chi connectivity index (χ4v) is 4.23. The number of ether oxygens (including phenoxy) is 1. The number of benzene rings is 3. The molecule has 1 amide bonds. The van der Waals surface area contributed by atoms with E-state index in [1.165, 1.54) is 0 Å². The molecule has 0 bridgehead atoms. The number of aliphatic hydroxyl groups is 1. The van der Waals surface area contributed by atoms with Gasteiger partial charge in [-0.1, -0.05) is 60.7 Å². The van der Waals surface area contributed by atoms with E-state index >= 15 is 0 Å². The Bertz CT molecular complexity index is 1210. The number of hydrogen-bond donors (Lipinski definition) is 2. The monoisotopic (exact) mass is 427 g/mol. The van der Waals surface area contributed by atoms with Gasteiger partial charge in [-0.15, -0.1) is 0 Å². The molecule has 5 rings (SSSR count). The van der Waals surface area contributed by atoms with Crippen molar-refractivity contribution in [2.75, 3.05) is 13.2 Å². The molecule has 0 spiro atoms. The number of amides is 1. The molecule has 1 fully saturated rings. The van der Waals surface area contributed by atoms with Gasteiger partial charge in [-0.05, 0) is 36.2 Å². The van der Waals surface area contributed by atoms with Crippen LogP contribution in [0, 0.1) is 0 Å². The van der Waals surface area contributed by atoms with Gasteiger partial charge >= 0.3 is 0 Å². The molecule has 1 saturated heterocycles. The minimum atomic E-state index is -1.44. The summed E-state index contributed by atoms with van der Waals surface area (Å²) in [7, 11) is 0. The Hall–Kier alpha value is -3.48. The first-order chi connectivity index (χ1) is 15.6. The van der Waals surface area contributed by atoms with E-state index in [1.807, 2.05) is 84.3 Å². The highest BCUT2D eigenvalue weighted by Crippen LogP contribution is 2.37. The van der Waals surface area contributed by atoms with Gasteiger partial charge in [0, 0.05) is 12.1 Å². The average molecular weight is 428 g/mol. The minimum Gasteiger partial charge on any atom is -0.377 e.